The van der Waals surface area contributed by atoms with Gasteiger partial charge >= 0.3 is 5.97 Å². The van der Waals surface area contributed by atoms with Crippen LogP contribution in [0.25, 0.3) is 0 Å². The summed E-state index contributed by atoms with van der Waals surface area (Å²) in [5.41, 5.74) is 2.22. The number of carbonyl (C=O) groups is 1. The van der Waals surface area contributed by atoms with Gasteiger partial charge < -0.3 is 25.0 Å². The highest BCUT2D eigenvalue weighted by Gasteiger charge is 2.30. The molecule has 0 atom stereocenters. The van der Waals surface area contributed by atoms with Gasteiger partial charge in [-0.2, -0.15) is 0 Å². The van der Waals surface area contributed by atoms with Gasteiger partial charge in [0.25, 0.3) is 0 Å². The summed E-state index contributed by atoms with van der Waals surface area (Å²) in [6.45, 7) is 11.5. The number of rotatable bonds is 12. The summed E-state index contributed by atoms with van der Waals surface area (Å²) < 4.78 is 5.38. The van der Waals surface area contributed by atoms with Gasteiger partial charge in [0.05, 0.1) is 31.1 Å². The number of morpholine rings is 1. The number of unbranched alkanes of at least 4 members (excludes halogenated alkanes) is 3. The average Bonchev–Trinajstić information content (AvgIpc) is 3.26. The van der Waals surface area contributed by atoms with Crippen molar-refractivity contribution in [2.75, 3.05) is 45.9 Å². The highest BCUT2D eigenvalue weighted by atomic mass is 32.2. The molecule has 0 aliphatic carbocycles. The number of nitrogens with one attached hydrogen (secondary N) is 1. The monoisotopic (exact) mass is 495 g/mol. The van der Waals surface area contributed by atoms with Crippen molar-refractivity contribution in [2.45, 2.75) is 62.0 Å². The fourth-order valence-corrected chi connectivity index (χ4v) is 5.87. The van der Waals surface area contributed by atoms with Crippen molar-refractivity contribution in [2.24, 2.45) is 4.99 Å². The molecule has 8 nitrogen and oxygen atoms in total. The molecule has 0 amide bonds. The predicted molar refractivity (Wildman–Crippen MR) is 135 cm³/mol. The van der Waals surface area contributed by atoms with Crippen LogP contribution in [0.5, 0.6) is 0 Å². The number of thiazole rings is 1. The van der Waals surface area contributed by atoms with Crippen LogP contribution in [0, 0.1) is 0 Å². The Balaban J connectivity index is 1.57. The number of carboxylic acid groups (broad SMARTS) is 1. The van der Waals surface area contributed by atoms with E-state index in [1.165, 1.54) is 48.1 Å². The van der Waals surface area contributed by atoms with Crippen molar-refractivity contribution < 1.29 is 14.6 Å². The molecule has 33 heavy (non-hydrogen) atoms. The van der Waals surface area contributed by atoms with Gasteiger partial charge in [-0.3, -0.25) is 4.79 Å². The van der Waals surface area contributed by atoms with Crippen molar-refractivity contribution in [3.05, 3.63) is 23.0 Å². The molecule has 0 spiro atoms. The second-order valence-electron chi connectivity index (χ2n) is 8.84. The quantitative estimate of drug-likeness (QED) is 0.335. The van der Waals surface area contributed by atoms with Crippen LogP contribution in [0.2, 0.25) is 0 Å². The molecule has 0 unspecified atom stereocenters. The van der Waals surface area contributed by atoms with Gasteiger partial charge in [0, 0.05) is 44.2 Å². The number of thioether (sulfide) groups is 1. The third kappa shape index (κ3) is 7.89. The summed E-state index contributed by atoms with van der Waals surface area (Å²) in [6.07, 6.45) is 7.73. The van der Waals surface area contributed by atoms with E-state index in [1.807, 2.05) is 5.38 Å². The lowest BCUT2D eigenvalue weighted by atomic mass is 10.2. The Morgan fingerprint density at radius 3 is 2.76 bits per heavy atom. The average molecular weight is 496 g/mol. The largest absolute Gasteiger partial charge is 0.480 e. The van der Waals surface area contributed by atoms with E-state index in [4.69, 9.17) is 9.73 Å². The van der Waals surface area contributed by atoms with Crippen LogP contribution in [-0.4, -0.2) is 82.5 Å². The number of aliphatic imine (C=N–C) groups is 1. The van der Waals surface area contributed by atoms with E-state index < -0.39 is 10.7 Å². The first kappa shape index (κ1) is 25.8. The number of ether oxygens (including phenoxy) is 1. The van der Waals surface area contributed by atoms with E-state index >= 15 is 0 Å². The number of aliphatic carboxylic acids is 1. The molecular formula is C23H37N5O3S2. The van der Waals surface area contributed by atoms with Crippen LogP contribution in [0.4, 0.5) is 0 Å². The normalized spacial score (nSPS) is 16.8. The molecule has 0 radical (unpaired) electrons. The first-order valence-electron chi connectivity index (χ1n) is 11.8. The summed E-state index contributed by atoms with van der Waals surface area (Å²) in [4.78, 5) is 25.6. The summed E-state index contributed by atoms with van der Waals surface area (Å²) in [5, 5.41) is 14.8. The number of guanidine groups is 1. The maximum atomic E-state index is 11.4. The van der Waals surface area contributed by atoms with Crippen LogP contribution < -0.4 is 5.32 Å². The van der Waals surface area contributed by atoms with Crippen molar-refractivity contribution >= 4 is 35.0 Å². The third-order valence-corrected chi connectivity index (χ3v) is 7.96. The van der Waals surface area contributed by atoms with Gasteiger partial charge in [-0.25, -0.2) is 9.98 Å². The van der Waals surface area contributed by atoms with Gasteiger partial charge in [0.1, 0.15) is 4.75 Å². The highest BCUT2D eigenvalue weighted by Crippen LogP contribution is 2.34. The third-order valence-electron chi connectivity index (χ3n) is 5.78. The number of hydrogen-bond donors (Lipinski definition) is 2. The number of carboxylic acids is 1. The summed E-state index contributed by atoms with van der Waals surface area (Å²) in [5.74, 6) is 0.105. The minimum Gasteiger partial charge on any atom is -0.480 e. The fraction of sp³-hybridized carbons (Fsp3) is 0.696. The molecule has 0 saturated carbocycles. The van der Waals surface area contributed by atoms with E-state index in [0.29, 0.717) is 6.54 Å². The number of aromatic nitrogens is 1. The van der Waals surface area contributed by atoms with Crippen molar-refractivity contribution in [1.82, 2.24) is 20.1 Å². The Labute approximate surface area is 205 Å². The SMILES string of the molecule is CCCCCCN(CCc1csc(SC(C)(C)C(=O)O)n1)C1=NCC(N2CCOCC2)=CN1. The lowest BCUT2D eigenvalue weighted by Gasteiger charge is -2.34. The minimum absolute atomic E-state index is 0.690. The Bertz CT molecular complexity index is 834. The second kappa shape index (κ2) is 12.6. The number of hydrogen-bond acceptors (Lipinski definition) is 9. The molecule has 2 N–H and O–H groups in total. The molecule has 184 valence electrons. The van der Waals surface area contributed by atoms with Crippen LogP contribution in [0.1, 0.15) is 52.1 Å². The molecule has 2 aliphatic heterocycles. The van der Waals surface area contributed by atoms with Gasteiger partial charge in [0.2, 0.25) is 0 Å². The molecule has 0 bridgehead atoms. The fourth-order valence-electron chi connectivity index (χ4n) is 3.64. The molecule has 3 rings (SSSR count). The van der Waals surface area contributed by atoms with E-state index in [9.17, 15) is 9.90 Å². The lowest BCUT2D eigenvalue weighted by molar-refractivity contribution is -0.138. The Kier molecular flexibility index (Phi) is 9.88. The van der Waals surface area contributed by atoms with Crippen molar-refractivity contribution in [3.8, 4) is 0 Å². The molecule has 1 aromatic rings. The van der Waals surface area contributed by atoms with Crippen molar-refractivity contribution in [3.63, 3.8) is 0 Å². The van der Waals surface area contributed by atoms with Gasteiger partial charge in [-0.05, 0) is 20.3 Å². The molecular weight excluding hydrogens is 458 g/mol. The molecule has 1 aromatic heterocycles. The highest BCUT2D eigenvalue weighted by molar-refractivity contribution is 8.02. The smallest absolute Gasteiger partial charge is 0.319 e. The first-order valence-corrected chi connectivity index (χ1v) is 13.5. The predicted octanol–water partition coefficient (Wildman–Crippen LogP) is 3.66. The second-order valence-corrected chi connectivity index (χ2v) is 11.6. The molecule has 1 saturated heterocycles. The van der Waals surface area contributed by atoms with E-state index in [-0.39, 0.29) is 0 Å². The molecule has 0 aromatic carbocycles. The first-order chi connectivity index (χ1) is 15.9. The maximum absolute atomic E-state index is 11.4. The Morgan fingerprint density at radius 1 is 1.30 bits per heavy atom. The minimum atomic E-state index is -0.883. The van der Waals surface area contributed by atoms with Gasteiger partial charge in [-0.1, -0.05) is 37.9 Å². The van der Waals surface area contributed by atoms with E-state index in [1.54, 1.807) is 13.8 Å². The topological polar surface area (TPSA) is 90.3 Å². The van der Waals surface area contributed by atoms with E-state index in [0.717, 1.165) is 68.2 Å². The number of nitrogens with zero attached hydrogens (tertiary/aromatic N) is 4. The lowest BCUT2D eigenvalue weighted by Crippen LogP contribution is -2.45. The van der Waals surface area contributed by atoms with Crippen LogP contribution in [-0.2, 0) is 16.0 Å². The summed E-state index contributed by atoms with van der Waals surface area (Å²) in [6, 6.07) is 0. The zero-order valence-electron chi connectivity index (χ0n) is 20.0. The Morgan fingerprint density at radius 2 is 2.09 bits per heavy atom. The maximum Gasteiger partial charge on any atom is 0.319 e. The zero-order chi connectivity index (χ0) is 23.7. The summed E-state index contributed by atoms with van der Waals surface area (Å²) >= 11 is 2.83. The molecule has 10 heteroatoms. The van der Waals surface area contributed by atoms with E-state index in [2.05, 4.69) is 33.2 Å². The van der Waals surface area contributed by atoms with Gasteiger partial charge in [-0.15, -0.1) is 11.3 Å². The van der Waals surface area contributed by atoms with Crippen LogP contribution in [0.15, 0.2) is 26.6 Å². The summed E-state index contributed by atoms with van der Waals surface area (Å²) in [7, 11) is 0. The molecule has 3 heterocycles. The van der Waals surface area contributed by atoms with Crippen molar-refractivity contribution in [1.29, 1.82) is 0 Å². The van der Waals surface area contributed by atoms with Gasteiger partial charge in [0.15, 0.2) is 10.3 Å². The van der Waals surface area contributed by atoms with Crippen LogP contribution >= 0.6 is 23.1 Å². The zero-order valence-corrected chi connectivity index (χ0v) is 21.6. The van der Waals surface area contributed by atoms with Crippen LogP contribution in [0.3, 0.4) is 0 Å². The standard InChI is InChI=1S/C23H37N5O3S2/c1-4-5-6-7-9-28(21-24-15-19(16-25-21)27-11-13-31-14-12-27)10-8-18-17-32-22(26-18)33-23(2,3)20(29)30/h15,17H,4-14,16H2,1-3H3,(H,24,25)(H,29,30). The molecule has 1 fully saturated rings. The molecule has 2 aliphatic rings. The Hall–Kier alpha value is -1.78.